The van der Waals surface area contributed by atoms with Gasteiger partial charge in [-0.3, -0.25) is 0 Å². The Morgan fingerprint density at radius 2 is 0.250 bits per heavy atom. The predicted octanol–water partition coefficient (Wildman–Crippen LogP) is 0.144. The SMILES string of the molecule is N.[Mo+4].[Mo+4].[Mo+4].[Mo+4].[Mo+4].[Mo+4].[Mo+4]. The van der Waals surface area contributed by atoms with Crippen LogP contribution in [0.25, 0.3) is 0 Å². The minimum absolute atomic E-state index is 0. The molecule has 3 N–H and O–H groups in total. The molecule has 22 valence electrons. The van der Waals surface area contributed by atoms with Gasteiger partial charge in [-0.05, 0) is 0 Å². The summed E-state index contributed by atoms with van der Waals surface area (Å²) >= 11 is 0. The Hall–Kier alpha value is 4.78. The van der Waals surface area contributed by atoms with Gasteiger partial charge in [0.2, 0.25) is 0 Å². The largest absolute Gasteiger partial charge is 4.00 e. The molecule has 0 rings (SSSR count). The van der Waals surface area contributed by atoms with Gasteiger partial charge in [-0.2, -0.15) is 0 Å². The van der Waals surface area contributed by atoms with E-state index in [0.717, 1.165) is 0 Å². The standard InChI is InChI=1S/7Mo.H3N/h;;;;;;;1H3/q7*+4;. The van der Waals surface area contributed by atoms with E-state index in [0.29, 0.717) is 0 Å². The summed E-state index contributed by atoms with van der Waals surface area (Å²) in [5, 5.41) is 0. The average Bonchev–Trinajstić information content (AvgIpc) is 0. The molecule has 0 aromatic rings. The van der Waals surface area contributed by atoms with Crippen LogP contribution in [0.3, 0.4) is 0 Å². The van der Waals surface area contributed by atoms with Crippen LogP contribution in [0.5, 0.6) is 0 Å². The Morgan fingerprint density at radius 3 is 0.250 bits per heavy atom. The monoisotopic (exact) mass is 702 g/mol. The van der Waals surface area contributed by atoms with Crippen LogP contribution in [0.4, 0.5) is 0 Å². The van der Waals surface area contributed by atoms with Gasteiger partial charge in [0.05, 0.1) is 0 Å². The van der Waals surface area contributed by atoms with E-state index in [1.54, 1.807) is 0 Å². The molecule has 0 unspecified atom stereocenters. The van der Waals surface area contributed by atoms with Crippen molar-refractivity contribution in [3.63, 3.8) is 0 Å². The molecule has 0 amide bonds. The Labute approximate surface area is 150 Å². The van der Waals surface area contributed by atoms with Gasteiger partial charge in [0, 0.05) is 0 Å². The predicted molar refractivity (Wildman–Crippen MR) is 5.02 cm³/mol. The van der Waals surface area contributed by atoms with Crippen LogP contribution < -0.4 is 6.15 Å². The molecule has 0 spiro atoms. The third kappa shape index (κ3) is 45.1. The fraction of sp³-hybridized carbons (Fsp3) is 0. The van der Waals surface area contributed by atoms with Crippen molar-refractivity contribution in [1.29, 1.82) is 0 Å². The molecule has 0 aromatic carbocycles. The maximum atomic E-state index is 0. The first-order valence-electron chi connectivity index (χ1n) is 0. The van der Waals surface area contributed by atoms with Gasteiger partial charge in [0.25, 0.3) is 0 Å². The minimum Gasteiger partial charge on any atom is -0.344 e. The molecule has 0 atom stereocenters. The van der Waals surface area contributed by atoms with Gasteiger partial charge in [-0.1, -0.05) is 0 Å². The van der Waals surface area contributed by atoms with E-state index >= 15 is 0 Å². The molecule has 0 aliphatic heterocycles. The first kappa shape index (κ1) is 77.6. The third-order valence-electron chi connectivity index (χ3n) is 0. The number of hydrogen-bond acceptors (Lipinski definition) is 1. The van der Waals surface area contributed by atoms with Crippen LogP contribution in [0.1, 0.15) is 0 Å². The van der Waals surface area contributed by atoms with Crippen molar-refractivity contribution in [2.45, 2.75) is 0 Å². The Kier molecular flexibility index (Phi) is 582. The molecule has 0 heterocycles. The molecule has 8 heteroatoms. The van der Waals surface area contributed by atoms with Gasteiger partial charge < -0.3 is 6.15 Å². The summed E-state index contributed by atoms with van der Waals surface area (Å²) in [5.41, 5.74) is 0. The smallest absolute Gasteiger partial charge is 0.344 e. The van der Waals surface area contributed by atoms with Crippen LogP contribution in [-0.2, 0) is 147 Å². The first-order chi connectivity index (χ1) is 0. The maximum absolute atomic E-state index is 0. The van der Waals surface area contributed by atoms with E-state index in [1.165, 1.54) is 0 Å². The van der Waals surface area contributed by atoms with Crippen LogP contribution in [0.15, 0.2) is 0 Å². The van der Waals surface area contributed by atoms with Crippen LogP contribution in [-0.4, -0.2) is 0 Å². The van der Waals surface area contributed by atoms with E-state index in [9.17, 15) is 0 Å². The molecule has 0 radical (unpaired) electrons. The zero-order valence-electron chi connectivity index (χ0n) is 3.56. The molecule has 0 saturated heterocycles. The van der Waals surface area contributed by atoms with Crippen molar-refractivity contribution in [1.82, 2.24) is 6.15 Å². The molecular formula is H3Mo7N+28. The van der Waals surface area contributed by atoms with Crippen molar-refractivity contribution in [3.05, 3.63) is 0 Å². The van der Waals surface area contributed by atoms with Crippen molar-refractivity contribution in [2.24, 2.45) is 0 Å². The quantitative estimate of drug-likeness (QED) is 0.362. The van der Waals surface area contributed by atoms with Crippen molar-refractivity contribution in [3.8, 4) is 0 Å². The molecule has 0 aliphatic carbocycles. The molecule has 1 nitrogen and oxygen atoms in total. The van der Waals surface area contributed by atoms with Crippen molar-refractivity contribution in [2.75, 3.05) is 0 Å². The van der Waals surface area contributed by atoms with Gasteiger partial charge >= 0.3 is 147 Å². The Morgan fingerprint density at radius 1 is 0.250 bits per heavy atom. The first-order valence-corrected chi connectivity index (χ1v) is 0. The van der Waals surface area contributed by atoms with Gasteiger partial charge in [-0.25, -0.2) is 0 Å². The van der Waals surface area contributed by atoms with Gasteiger partial charge in [-0.15, -0.1) is 0 Å². The van der Waals surface area contributed by atoms with Crippen molar-refractivity contribution >= 4 is 0 Å². The Balaban J connectivity index is 0. The summed E-state index contributed by atoms with van der Waals surface area (Å²) in [6.45, 7) is 0. The fourth-order valence-electron chi connectivity index (χ4n) is 0. The average molecular weight is 689 g/mol. The van der Waals surface area contributed by atoms with Crippen LogP contribution >= 0.6 is 0 Å². The van der Waals surface area contributed by atoms with E-state index < -0.39 is 0 Å². The molecule has 0 fully saturated rings. The van der Waals surface area contributed by atoms with E-state index in [2.05, 4.69) is 0 Å². The molecule has 0 aromatic heterocycles. The van der Waals surface area contributed by atoms with E-state index in [-0.39, 0.29) is 154 Å². The molecular weight excluding hydrogens is 686 g/mol. The molecule has 0 aliphatic rings. The third-order valence-corrected chi connectivity index (χ3v) is 0. The summed E-state index contributed by atoms with van der Waals surface area (Å²) in [6, 6.07) is 0. The summed E-state index contributed by atoms with van der Waals surface area (Å²) in [4.78, 5) is 0. The van der Waals surface area contributed by atoms with Crippen LogP contribution in [0, 0.1) is 0 Å². The number of rotatable bonds is 0. The molecule has 0 saturated carbocycles. The topological polar surface area (TPSA) is 35.0 Å². The fourth-order valence-corrected chi connectivity index (χ4v) is 0. The van der Waals surface area contributed by atoms with Crippen LogP contribution in [0.2, 0.25) is 0 Å². The zero-order valence-corrected chi connectivity index (χ0v) is 17.6. The van der Waals surface area contributed by atoms with Gasteiger partial charge in [0.15, 0.2) is 0 Å². The second kappa shape index (κ2) is 59.9. The van der Waals surface area contributed by atoms with Crippen molar-refractivity contribution < 1.29 is 147 Å². The maximum Gasteiger partial charge on any atom is 4.00 e. The Bertz CT molecular complexity index is 4.35. The molecule has 8 heavy (non-hydrogen) atoms. The summed E-state index contributed by atoms with van der Waals surface area (Å²) in [5.74, 6) is 0. The second-order valence-electron chi connectivity index (χ2n) is 0. The number of hydrogen-bond donors (Lipinski definition) is 1. The van der Waals surface area contributed by atoms with E-state index in [4.69, 9.17) is 0 Å². The summed E-state index contributed by atoms with van der Waals surface area (Å²) in [6.07, 6.45) is 0. The zero-order chi connectivity index (χ0) is 0. The minimum atomic E-state index is 0. The molecule has 0 bridgehead atoms. The second-order valence-corrected chi connectivity index (χ2v) is 0. The summed E-state index contributed by atoms with van der Waals surface area (Å²) in [7, 11) is 0. The summed E-state index contributed by atoms with van der Waals surface area (Å²) < 4.78 is 0. The normalized spacial score (nSPS) is 0. The van der Waals surface area contributed by atoms with E-state index in [1.807, 2.05) is 0 Å². The van der Waals surface area contributed by atoms with Gasteiger partial charge in [0.1, 0.15) is 0 Å².